The Hall–Kier alpha value is -3.22. The lowest BCUT2D eigenvalue weighted by atomic mass is 10.0. The lowest BCUT2D eigenvalue weighted by Crippen LogP contribution is -2.09. The van der Waals surface area contributed by atoms with Crippen LogP contribution < -0.4 is 0 Å². The first-order chi connectivity index (χ1) is 12.4. The van der Waals surface area contributed by atoms with Crippen molar-refractivity contribution in [2.24, 2.45) is 0 Å². The molecule has 4 nitrogen and oxygen atoms in total. The summed E-state index contributed by atoms with van der Waals surface area (Å²) in [6.07, 6.45) is 6.19. The first-order valence-corrected chi connectivity index (χ1v) is 7.87. The van der Waals surface area contributed by atoms with Crippen molar-refractivity contribution in [3.8, 4) is 22.4 Å². The van der Waals surface area contributed by atoms with Crippen molar-refractivity contribution in [1.29, 1.82) is 0 Å². The molecule has 0 aliphatic heterocycles. The zero-order valence-corrected chi connectivity index (χ0v) is 13.7. The molecule has 0 aliphatic rings. The fraction of sp³-hybridized carbons (Fsp3) is 0.105. The summed E-state index contributed by atoms with van der Waals surface area (Å²) in [5, 5.41) is 0. The van der Waals surface area contributed by atoms with Gasteiger partial charge in [-0.3, -0.25) is 9.38 Å². The maximum Gasteiger partial charge on any atom is 0.289 e. The maximum atomic E-state index is 14.3. The van der Waals surface area contributed by atoms with E-state index in [1.54, 1.807) is 30.6 Å². The molecule has 26 heavy (non-hydrogen) atoms. The molecule has 0 atom stereocenters. The average Bonchev–Trinajstić information content (AvgIpc) is 3.03. The zero-order chi connectivity index (χ0) is 18.3. The van der Waals surface area contributed by atoms with Crippen molar-refractivity contribution in [3.63, 3.8) is 0 Å². The van der Waals surface area contributed by atoms with Gasteiger partial charge in [-0.05, 0) is 30.3 Å². The van der Waals surface area contributed by atoms with Crippen molar-refractivity contribution < 1.29 is 13.2 Å². The zero-order valence-electron chi connectivity index (χ0n) is 13.7. The second-order valence-electron chi connectivity index (χ2n) is 5.92. The number of imidazole rings is 1. The van der Waals surface area contributed by atoms with Crippen molar-refractivity contribution in [3.05, 3.63) is 72.7 Å². The predicted octanol–water partition coefficient (Wildman–Crippen LogP) is 4.71. The Balaban J connectivity index is 1.99. The van der Waals surface area contributed by atoms with Crippen LogP contribution in [0.2, 0.25) is 0 Å². The Morgan fingerprint density at radius 1 is 1.04 bits per heavy atom. The van der Waals surface area contributed by atoms with Crippen LogP contribution in [0.3, 0.4) is 0 Å². The molecule has 0 aliphatic carbocycles. The summed E-state index contributed by atoms with van der Waals surface area (Å²) in [5.41, 5.74) is 1.04. The molecule has 4 aromatic rings. The Labute approximate surface area is 147 Å². The molecule has 0 spiro atoms. The fourth-order valence-electron chi connectivity index (χ4n) is 2.89. The molecule has 3 heterocycles. The molecule has 0 radical (unpaired) electrons. The van der Waals surface area contributed by atoms with E-state index < -0.39 is 17.4 Å². The van der Waals surface area contributed by atoms with Crippen LogP contribution in [-0.2, 0) is 5.92 Å². The van der Waals surface area contributed by atoms with E-state index >= 15 is 0 Å². The number of aromatic nitrogens is 4. The third-order valence-corrected chi connectivity index (χ3v) is 4.03. The summed E-state index contributed by atoms with van der Waals surface area (Å²) in [4.78, 5) is 12.0. The fourth-order valence-corrected chi connectivity index (χ4v) is 2.89. The van der Waals surface area contributed by atoms with E-state index in [0.717, 1.165) is 6.92 Å². The van der Waals surface area contributed by atoms with E-state index in [4.69, 9.17) is 0 Å². The molecule has 3 aromatic heterocycles. The monoisotopic (exact) mass is 354 g/mol. The molecular weight excluding hydrogens is 341 g/mol. The minimum atomic E-state index is -3.17. The van der Waals surface area contributed by atoms with E-state index in [-0.39, 0.29) is 17.0 Å². The SMILES string of the molecule is CC(F)(F)c1nc2ncccn2c1-c1ccc(F)c(-c2cccnc2)c1. The molecule has 1 aromatic carbocycles. The Morgan fingerprint density at radius 3 is 2.62 bits per heavy atom. The number of hydrogen-bond acceptors (Lipinski definition) is 3. The topological polar surface area (TPSA) is 43.1 Å². The molecule has 0 bridgehead atoms. The number of halogens is 3. The van der Waals surface area contributed by atoms with E-state index in [1.165, 1.54) is 35.0 Å². The van der Waals surface area contributed by atoms with Crippen molar-refractivity contribution in [1.82, 2.24) is 19.4 Å². The number of nitrogens with zero attached hydrogens (tertiary/aromatic N) is 4. The van der Waals surface area contributed by atoms with Gasteiger partial charge in [-0.15, -0.1) is 0 Å². The van der Waals surface area contributed by atoms with Gasteiger partial charge in [0.25, 0.3) is 5.92 Å². The Morgan fingerprint density at radius 2 is 1.88 bits per heavy atom. The van der Waals surface area contributed by atoms with E-state index in [1.807, 2.05) is 0 Å². The number of rotatable bonds is 3. The maximum absolute atomic E-state index is 14.3. The highest BCUT2D eigenvalue weighted by Crippen LogP contribution is 2.37. The quantitative estimate of drug-likeness (QED) is 0.535. The predicted molar refractivity (Wildman–Crippen MR) is 91.2 cm³/mol. The van der Waals surface area contributed by atoms with Gasteiger partial charge >= 0.3 is 0 Å². The summed E-state index contributed by atoms with van der Waals surface area (Å²) < 4.78 is 44.1. The molecule has 130 valence electrons. The molecule has 0 N–H and O–H groups in total. The molecule has 4 rings (SSSR count). The van der Waals surface area contributed by atoms with Gasteiger partial charge in [0.1, 0.15) is 11.5 Å². The van der Waals surface area contributed by atoms with Gasteiger partial charge in [-0.1, -0.05) is 6.07 Å². The summed E-state index contributed by atoms with van der Waals surface area (Å²) in [5.74, 6) is -3.48. The summed E-state index contributed by atoms with van der Waals surface area (Å²) in [6, 6.07) is 9.26. The minimum absolute atomic E-state index is 0.159. The van der Waals surface area contributed by atoms with E-state index in [0.29, 0.717) is 11.1 Å². The van der Waals surface area contributed by atoms with Crippen LogP contribution in [0.4, 0.5) is 13.2 Å². The normalized spacial score (nSPS) is 11.8. The van der Waals surface area contributed by atoms with Crippen LogP contribution in [0.15, 0.2) is 61.2 Å². The van der Waals surface area contributed by atoms with Crippen molar-refractivity contribution >= 4 is 5.78 Å². The van der Waals surface area contributed by atoms with Crippen molar-refractivity contribution in [2.75, 3.05) is 0 Å². The highest BCUT2D eigenvalue weighted by atomic mass is 19.3. The number of pyridine rings is 1. The second-order valence-corrected chi connectivity index (χ2v) is 5.92. The van der Waals surface area contributed by atoms with Gasteiger partial charge in [0.2, 0.25) is 5.78 Å². The first-order valence-electron chi connectivity index (χ1n) is 7.87. The average molecular weight is 354 g/mol. The number of hydrogen-bond donors (Lipinski definition) is 0. The van der Waals surface area contributed by atoms with Crippen LogP contribution in [0.5, 0.6) is 0 Å². The molecule has 0 unspecified atom stereocenters. The Kier molecular flexibility index (Phi) is 3.72. The molecule has 7 heteroatoms. The summed E-state index contributed by atoms with van der Waals surface area (Å²) in [6.45, 7) is 0.782. The molecule has 0 saturated heterocycles. The number of benzene rings is 1. The van der Waals surface area contributed by atoms with Crippen molar-refractivity contribution in [2.45, 2.75) is 12.8 Å². The van der Waals surface area contributed by atoms with Crippen LogP contribution in [0.1, 0.15) is 12.6 Å². The Bertz CT molecular complexity index is 1090. The molecule has 0 amide bonds. The van der Waals surface area contributed by atoms with Crippen LogP contribution >= 0.6 is 0 Å². The number of fused-ring (bicyclic) bond motifs is 1. The third kappa shape index (κ3) is 2.71. The minimum Gasteiger partial charge on any atom is -0.283 e. The summed E-state index contributed by atoms with van der Waals surface area (Å²) >= 11 is 0. The van der Waals surface area contributed by atoms with Crippen LogP contribution in [0.25, 0.3) is 28.2 Å². The number of alkyl halides is 2. The lowest BCUT2D eigenvalue weighted by molar-refractivity contribution is 0.0139. The molecular formula is C19H13F3N4. The molecule has 0 fully saturated rings. The van der Waals surface area contributed by atoms with Gasteiger partial charge in [0.05, 0.1) is 5.69 Å². The van der Waals surface area contributed by atoms with Gasteiger partial charge in [0.15, 0.2) is 0 Å². The third-order valence-electron chi connectivity index (χ3n) is 4.03. The van der Waals surface area contributed by atoms with Crippen LogP contribution in [0, 0.1) is 5.82 Å². The van der Waals surface area contributed by atoms with Gasteiger partial charge in [-0.25, -0.2) is 14.4 Å². The lowest BCUT2D eigenvalue weighted by Gasteiger charge is -2.12. The second kappa shape index (κ2) is 5.94. The standard InChI is InChI=1S/C19H13F3N4/c1-19(21,22)17-16(26-9-3-8-24-18(26)25-17)12-5-6-15(20)14(10-12)13-4-2-7-23-11-13/h2-11H,1H3. The largest absolute Gasteiger partial charge is 0.289 e. The van der Waals surface area contributed by atoms with Gasteiger partial charge < -0.3 is 0 Å². The molecule has 0 saturated carbocycles. The van der Waals surface area contributed by atoms with Gasteiger partial charge in [0, 0.05) is 48.4 Å². The van der Waals surface area contributed by atoms with E-state index in [2.05, 4.69) is 15.0 Å². The summed E-state index contributed by atoms with van der Waals surface area (Å²) in [7, 11) is 0. The smallest absolute Gasteiger partial charge is 0.283 e. The highest BCUT2D eigenvalue weighted by molar-refractivity contribution is 5.74. The highest BCUT2D eigenvalue weighted by Gasteiger charge is 2.33. The first kappa shape index (κ1) is 16.3. The van der Waals surface area contributed by atoms with Gasteiger partial charge in [-0.2, -0.15) is 8.78 Å². The van der Waals surface area contributed by atoms with E-state index in [9.17, 15) is 13.2 Å². The van der Waals surface area contributed by atoms with Crippen LogP contribution in [-0.4, -0.2) is 19.4 Å².